The van der Waals surface area contributed by atoms with Crippen molar-refractivity contribution in [1.82, 2.24) is 4.90 Å². The molecule has 2 aliphatic heterocycles. The molecule has 0 aromatic heterocycles. The molecule has 1 atom stereocenters. The van der Waals surface area contributed by atoms with Gasteiger partial charge in [0.15, 0.2) is 11.5 Å². The molecule has 0 radical (unpaired) electrons. The van der Waals surface area contributed by atoms with Crippen molar-refractivity contribution in [2.45, 2.75) is 38.6 Å². The molecule has 2 heterocycles. The lowest BCUT2D eigenvalue weighted by Gasteiger charge is -2.34. The van der Waals surface area contributed by atoms with E-state index in [4.69, 9.17) is 9.47 Å². The van der Waals surface area contributed by atoms with Gasteiger partial charge in [-0.3, -0.25) is 4.79 Å². The number of carbonyl (C=O) groups excluding carboxylic acids is 1. The molecule has 4 heteroatoms. The number of benzene rings is 1. The SMILES string of the molecule is CC[C@@H]1CCCCN1C(=O)/C=C/c1ccc2c(c1)OCO2. The van der Waals surface area contributed by atoms with Crippen LogP contribution in [0.4, 0.5) is 0 Å². The van der Waals surface area contributed by atoms with Crippen LogP contribution in [0, 0.1) is 0 Å². The van der Waals surface area contributed by atoms with Gasteiger partial charge in [-0.25, -0.2) is 0 Å². The third-order valence-electron chi connectivity index (χ3n) is 4.20. The van der Waals surface area contributed by atoms with Gasteiger partial charge in [-0.05, 0) is 49.5 Å². The molecule has 1 amide bonds. The molecule has 0 saturated carbocycles. The van der Waals surface area contributed by atoms with Crippen molar-refractivity contribution in [2.75, 3.05) is 13.3 Å². The molecule has 0 unspecified atom stereocenters. The summed E-state index contributed by atoms with van der Waals surface area (Å²) in [6.45, 7) is 3.30. The molecular weight excluding hydrogens is 266 g/mol. The van der Waals surface area contributed by atoms with E-state index in [2.05, 4.69) is 6.92 Å². The van der Waals surface area contributed by atoms with Crippen molar-refractivity contribution < 1.29 is 14.3 Å². The van der Waals surface area contributed by atoms with E-state index in [1.165, 1.54) is 6.42 Å². The fraction of sp³-hybridized carbons (Fsp3) is 0.471. The predicted octanol–water partition coefficient (Wildman–Crippen LogP) is 3.22. The zero-order valence-corrected chi connectivity index (χ0v) is 12.4. The minimum atomic E-state index is 0.110. The summed E-state index contributed by atoms with van der Waals surface area (Å²) >= 11 is 0. The Labute approximate surface area is 125 Å². The highest BCUT2D eigenvalue weighted by molar-refractivity contribution is 5.92. The molecule has 1 aromatic rings. The molecular formula is C17H21NO3. The van der Waals surface area contributed by atoms with E-state index >= 15 is 0 Å². The summed E-state index contributed by atoms with van der Waals surface area (Å²) in [6.07, 6.45) is 8.02. The first kappa shape index (κ1) is 14.0. The Morgan fingerprint density at radius 2 is 2.19 bits per heavy atom. The molecule has 1 saturated heterocycles. The number of piperidine rings is 1. The number of fused-ring (bicyclic) bond motifs is 1. The summed E-state index contributed by atoms with van der Waals surface area (Å²) < 4.78 is 10.6. The Hall–Kier alpha value is -1.97. The average Bonchev–Trinajstić information content (AvgIpc) is 3.00. The van der Waals surface area contributed by atoms with Crippen LogP contribution in [0.1, 0.15) is 38.2 Å². The molecule has 112 valence electrons. The number of hydrogen-bond acceptors (Lipinski definition) is 3. The maximum Gasteiger partial charge on any atom is 0.246 e. The van der Waals surface area contributed by atoms with E-state index in [1.54, 1.807) is 6.08 Å². The third-order valence-corrected chi connectivity index (χ3v) is 4.20. The average molecular weight is 287 g/mol. The van der Waals surface area contributed by atoms with Gasteiger partial charge in [-0.1, -0.05) is 13.0 Å². The topological polar surface area (TPSA) is 38.8 Å². The maximum absolute atomic E-state index is 12.4. The molecule has 0 N–H and O–H groups in total. The van der Waals surface area contributed by atoms with Crippen LogP contribution in [0.2, 0.25) is 0 Å². The van der Waals surface area contributed by atoms with E-state index < -0.39 is 0 Å². The number of carbonyl (C=O) groups is 1. The lowest BCUT2D eigenvalue weighted by atomic mass is 10.00. The maximum atomic E-state index is 12.4. The molecule has 0 spiro atoms. The number of likely N-dealkylation sites (tertiary alicyclic amines) is 1. The summed E-state index contributed by atoms with van der Waals surface area (Å²) in [5.74, 6) is 1.62. The van der Waals surface area contributed by atoms with E-state index in [-0.39, 0.29) is 12.7 Å². The van der Waals surface area contributed by atoms with Gasteiger partial charge >= 0.3 is 0 Å². The fourth-order valence-electron chi connectivity index (χ4n) is 3.00. The molecule has 0 aliphatic carbocycles. The quantitative estimate of drug-likeness (QED) is 0.801. The third kappa shape index (κ3) is 3.04. The van der Waals surface area contributed by atoms with Crippen molar-refractivity contribution in [3.8, 4) is 11.5 Å². The predicted molar refractivity (Wildman–Crippen MR) is 81.2 cm³/mol. The largest absolute Gasteiger partial charge is 0.454 e. The van der Waals surface area contributed by atoms with Crippen LogP contribution < -0.4 is 9.47 Å². The minimum Gasteiger partial charge on any atom is -0.454 e. The van der Waals surface area contributed by atoms with Crippen LogP contribution in [0.3, 0.4) is 0 Å². The van der Waals surface area contributed by atoms with E-state index in [0.29, 0.717) is 6.04 Å². The van der Waals surface area contributed by atoms with Crippen molar-refractivity contribution >= 4 is 12.0 Å². The number of nitrogens with zero attached hydrogens (tertiary/aromatic N) is 1. The highest BCUT2D eigenvalue weighted by Crippen LogP contribution is 2.32. The van der Waals surface area contributed by atoms with Gasteiger partial charge in [0, 0.05) is 18.7 Å². The highest BCUT2D eigenvalue weighted by Gasteiger charge is 2.23. The van der Waals surface area contributed by atoms with Crippen LogP contribution in [-0.2, 0) is 4.79 Å². The van der Waals surface area contributed by atoms with Gasteiger partial charge in [0.25, 0.3) is 0 Å². The second kappa shape index (κ2) is 6.20. The van der Waals surface area contributed by atoms with Crippen molar-refractivity contribution in [2.24, 2.45) is 0 Å². The van der Waals surface area contributed by atoms with Gasteiger partial charge in [0.2, 0.25) is 12.7 Å². The summed E-state index contributed by atoms with van der Waals surface area (Å²) in [4.78, 5) is 14.4. The highest BCUT2D eigenvalue weighted by atomic mass is 16.7. The second-order valence-electron chi connectivity index (χ2n) is 5.54. The first-order valence-corrected chi connectivity index (χ1v) is 7.66. The monoisotopic (exact) mass is 287 g/mol. The summed E-state index contributed by atoms with van der Waals surface area (Å²) in [7, 11) is 0. The Kier molecular flexibility index (Phi) is 4.13. The van der Waals surface area contributed by atoms with Crippen LogP contribution in [-0.4, -0.2) is 30.2 Å². The zero-order valence-electron chi connectivity index (χ0n) is 12.4. The molecule has 3 rings (SSSR count). The molecule has 21 heavy (non-hydrogen) atoms. The van der Waals surface area contributed by atoms with Crippen LogP contribution >= 0.6 is 0 Å². The van der Waals surface area contributed by atoms with Gasteiger partial charge in [-0.15, -0.1) is 0 Å². The smallest absolute Gasteiger partial charge is 0.246 e. The number of hydrogen-bond donors (Lipinski definition) is 0. The van der Waals surface area contributed by atoms with Gasteiger partial charge in [-0.2, -0.15) is 0 Å². The van der Waals surface area contributed by atoms with E-state index in [1.807, 2.05) is 29.2 Å². The zero-order chi connectivity index (χ0) is 14.7. The first-order valence-electron chi connectivity index (χ1n) is 7.66. The lowest BCUT2D eigenvalue weighted by Crippen LogP contribution is -2.42. The molecule has 1 fully saturated rings. The molecule has 0 bridgehead atoms. The normalized spacial score (nSPS) is 21.0. The van der Waals surface area contributed by atoms with Crippen molar-refractivity contribution in [3.05, 3.63) is 29.8 Å². The molecule has 4 nitrogen and oxygen atoms in total. The Morgan fingerprint density at radius 1 is 1.33 bits per heavy atom. The summed E-state index contributed by atoms with van der Waals surface area (Å²) in [6, 6.07) is 6.11. The van der Waals surface area contributed by atoms with Crippen LogP contribution in [0.15, 0.2) is 24.3 Å². The summed E-state index contributed by atoms with van der Waals surface area (Å²) in [5, 5.41) is 0. The number of ether oxygens (including phenoxy) is 2. The molecule has 1 aromatic carbocycles. The molecule has 2 aliphatic rings. The minimum absolute atomic E-state index is 0.110. The Balaban J connectivity index is 1.68. The number of amides is 1. The number of rotatable bonds is 3. The van der Waals surface area contributed by atoms with Gasteiger partial charge < -0.3 is 14.4 Å². The first-order chi connectivity index (χ1) is 10.3. The van der Waals surface area contributed by atoms with Crippen molar-refractivity contribution in [1.29, 1.82) is 0 Å². The van der Waals surface area contributed by atoms with E-state index in [9.17, 15) is 4.79 Å². The Bertz CT molecular complexity index is 553. The van der Waals surface area contributed by atoms with E-state index in [0.717, 1.165) is 42.9 Å². The van der Waals surface area contributed by atoms with Gasteiger partial charge in [0.1, 0.15) is 0 Å². The second-order valence-corrected chi connectivity index (χ2v) is 5.54. The standard InChI is InChI=1S/C17H21NO3/c1-2-14-5-3-4-10-18(14)17(19)9-7-13-6-8-15-16(11-13)21-12-20-15/h6-9,11,14H,2-5,10,12H2,1H3/b9-7+/t14-/m1/s1. The van der Waals surface area contributed by atoms with Crippen molar-refractivity contribution in [3.63, 3.8) is 0 Å². The van der Waals surface area contributed by atoms with Gasteiger partial charge in [0.05, 0.1) is 0 Å². The van der Waals surface area contributed by atoms with Crippen LogP contribution in [0.25, 0.3) is 6.08 Å². The summed E-state index contributed by atoms with van der Waals surface area (Å²) in [5.41, 5.74) is 0.956. The fourth-order valence-corrected chi connectivity index (χ4v) is 3.00. The lowest BCUT2D eigenvalue weighted by molar-refractivity contribution is -0.129. The Morgan fingerprint density at radius 3 is 3.05 bits per heavy atom. The van der Waals surface area contributed by atoms with Crippen LogP contribution in [0.5, 0.6) is 11.5 Å².